The molecule has 2 rings (SSSR count). The van der Waals surface area contributed by atoms with Crippen LogP contribution in [0, 0.1) is 5.92 Å². The van der Waals surface area contributed by atoms with Crippen molar-refractivity contribution in [3.8, 4) is 0 Å². The average Bonchev–Trinajstić information content (AvgIpc) is 2.86. The van der Waals surface area contributed by atoms with Gasteiger partial charge in [0.05, 0.1) is 5.56 Å². The molecule has 1 aliphatic carbocycles. The number of carbonyl (C=O) groups excluding carboxylic acids is 1. The van der Waals surface area contributed by atoms with E-state index in [4.69, 9.17) is 5.73 Å². The van der Waals surface area contributed by atoms with Crippen LogP contribution in [-0.2, 0) is 6.54 Å². The Morgan fingerprint density at radius 1 is 1.44 bits per heavy atom. The van der Waals surface area contributed by atoms with Crippen LogP contribution in [0.4, 0.5) is 0 Å². The van der Waals surface area contributed by atoms with Crippen molar-refractivity contribution in [2.24, 2.45) is 11.7 Å². The van der Waals surface area contributed by atoms with Crippen LogP contribution >= 0.6 is 11.3 Å². The Morgan fingerprint density at radius 3 is 2.72 bits per heavy atom. The molecule has 1 amide bonds. The summed E-state index contributed by atoms with van der Waals surface area (Å²) in [6.07, 6.45) is 6.59. The molecule has 1 heterocycles. The highest BCUT2D eigenvalue weighted by atomic mass is 32.1. The van der Waals surface area contributed by atoms with Crippen LogP contribution in [-0.4, -0.2) is 11.9 Å². The lowest BCUT2D eigenvalue weighted by Crippen LogP contribution is -2.32. The normalized spacial score (nSPS) is 24.1. The van der Waals surface area contributed by atoms with Gasteiger partial charge in [-0.25, -0.2) is 0 Å². The number of hydrogen-bond acceptors (Lipinski definition) is 3. The Balaban J connectivity index is 1.76. The first kappa shape index (κ1) is 13.6. The minimum atomic E-state index is -0.332. The van der Waals surface area contributed by atoms with Gasteiger partial charge in [-0.3, -0.25) is 4.79 Å². The molecule has 0 aliphatic heterocycles. The second-order valence-corrected chi connectivity index (χ2v) is 6.17. The van der Waals surface area contributed by atoms with Gasteiger partial charge in [0.1, 0.15) is 0 Å². The van der Waals surface area contributed by atoms with Gasteiger partial charge in [-0.1, -0.05) is 13.3 Å². The molecule has 0 aromatic carbocycles. The van der Waals surface area contributed by atoms with Crippen LogP contribution in [0.5, 0.6) is 0 Å². The van der Waals surface area contributed by atoms with Gasteiger partial charge in [-0.05, 0) is 37.7 Å². The minimum absolute atomic E-state index is 0.332. The molecule has 0 radical (unpaired) electrons. The third-order valence-electron chi connectivity index (χ3n) is 3.93. The molecule has 0 spiro atoms. The predicted molar refractivity (Wildman–Crippen MR) is 75.7 cm³/mol. The van der Waals surface area contributed by atoms with E-state index >= 15 is 0 Å². The van der Waals surface area contributed by atoms with Crippen LogP contribution in [0.3, 0.4) is 0 Å². The van der Waals surface area contributed by atoms with Gasteiger partial charge in [0.15, 0.2) is 0 Å². The molecule has 1 fully saturated rings. The van der Waals surface area contributed by atoms with Gasteiger partial charge in [0, 0.05) is 22.8 Å². The lowest BCUT2D eigenvalue weighted by Gasteiger charge is -2.28. The molecule has 4 heteroatoms. The van der Waals surface area contributed by atoms with E-state index in [1.165, 1.54) is 37.0 Å². The van der Waals surface area contributed by atoms with E-state index in [1.54, 1.807) is 11.3 Å². The monoisotopic (exact) mass is 266 g/mol. The lowest BCUT2D eigenvalue weighted by molar-refractivity contribution is 0.100. The molecule has 0 unspecified atom stereocenters. The Morgan fingerprint density at radius 2 is 2.17 bits per heavy atom. The first-order chi connectivity index (χ1) is 8.69. The molecular formula is C14H22N2OS. The van der Waals surface area contributed by atoms with Crippen molar-refractivity contribution in [2.45, 2.75) is 51.6 Å². The van der Waals surface area contributed by atoms with Crippen molar-refractivity contribution in [2.75, 3.05) is 0 Å². The highest BCUT2D eigenvalue weighted by Gasteiger charge is 2.19. The molecule has 1 aliphatic rings. The van der Waals surface area contributed by atoms with E-state index in [9.17, 15) is 4.79 Å². The Labute approximate surface area is 113 Å². The Bertz CT molecular complexity index is 394. The smallest absolute Gasteiger partial charge is 0.249 e. The van der Waals surface area contributed by atoms with Crippen LogP contribution in [0.15, 0.2) is 11.4 Å². The molecule has 3 N–H and O–H groups in total. The fourth-order valence-electron chi connectivity index (χ4n) is 2.62. The molecule has 0 bridgehead atoms. The van der Waals surface area contributed by atoms with Crippen molar-refractivity contribution in [3.63, 3.8) is 0 Å². The number of hydrogen-bond donors (Lipinski definition) is 2. The third kappa shape index (κ3) is 3.56. The first-order valence-corrected chi connectivity index (χ1v) is 7.67. The molecule has 1 aromatic heterocycles. The maximum atomic E-state index is 11.0. The van der Waals surface area contributed by atoms with Gasteiger partial charge in [-0.2, -0.15) is 0 Å². The topological polar surface area (TPSA) is 55.1 Å². The summed E-state index contributed by atoms with van der Waals surface area (Å²) in [5, 5.41) is 5.43. The minimum Gasteiger partial charge on any atom is -0.366 e. The number of rotatable bonds is 5. The maximum Gasteiger partial charge on any atom is 0.249 e. The maximum absolute atomic E-state index is 11.0. The number of carbonyl (C=O) groups is 1. The molecule has 1 aromatic rings. The number of nitrogens with two attached hydrogens (primary N) is 1. The van der Waals surface area contributed by atoms with Crippen LogP contribution in [0.25, 0.3) is 0 Å². The highest BCUT2D eigenvalue weighted by Crippen LogP contribution is 2.26. The summed E-state index contributed by atoms with van der Waals surface area (Å²) in [5.74, 6) is 0.604. The largest absolute Gasteiger partial charge is 0.366 e. The highest BCUT2D eigenvalue weighted by molar-refractivity contribution is 7.10. The second-order valence-electron chi connectivity index (χ2n) is 5.17. The summed E-state index contributed by atoms with van der Waals surface area (Å²) in [4.78, 5) is 12.2. The number of amides is 1. The van der Waals surface area contributed by atoms with E-state index < -0.39 is 0 Å². The number of nitrogens with one attached hydrogen (secondary N) is 1. The third-order valence-corrected chi connectivity index (χ3v) is 4.86. The summed E-state index contributed by atoms with van der Waals surface area (Å²) < 4.78 is 0. The van der Waals surface area contributed by atoms with Gasteiger partial charge in [0.25, 0.3) is 0 Å². The summed E-state index contributed by atoms with van der Waals surface area (Å²) >= 11 is 1.61. The SMILES string of the molecule is CCC1CCC(NCc2cc(C(N)=O)cs2)CC1. The quantitative estimate of drug-likeness (QED) is 0.861. The van der Waals surface area contributed by atoms with Crippen LogP contribution in [0.1, 0.15) is 54.3 Å². The van der Waals surface area contributed by atoms with Gasteiger partial charge in [0.2, 0.25) is 5.91 Å². The Kier molecular flexibility index (Phi) is 4.78. The summed E-state index contributed by atoms with van der Waals surface area (Å²) in [5.41, 5.74) is 5.87. The predicted octanol–water partition coefficient (Wildman–Crippen LogP) is 2.91. The zero-order chi connectivity index (χ0) is 13.0. The summed E-state index contributed by atoms with van der Waals surface area (Å²) in [6.45, 7) is 3.15. The number of thiophene rings is 1. The molecular weight excluding hydrogens is 244 g/mol. The average molecular weight is 266 g/mol. The molecule has 0 saturated heterocycles. The van der Waals surface area contributed by atoms with E-state index in [2.05, 4.69) is 12.2 Å². The zero-order valence-corrected chi connectivity index (χ0v) is 11.8. The van der Waals surface area contributed by atoms with Crippen molar-refractivity contribution in [1.29, 1.82) is 0 Å². The molecule has 1 saturated carbocycles. The van der Waals surface area contributed by atoms with Gasteiger partial charge in [-0.15, -0.1) is 11.3 Å². The van der Waals surface area contributed by atoms with Crippen LogP contribution < -0.4 is 11.1 Å². The molecule has 3 nitrogen and oxygen atoms in total. The van der Waals surface area contributed by atoms with Crippen molar-refractivity contribution < 1.29 is 4.79 Å². The molecule has 18 heavy (non-hydrogen) atoms. The fraction of sp³-hybridized carbons (Fsp3) is 0.643. The summed E-state index contributed by atoms with van der Waals surface area (Å²) in [6, 6.07) is 2.55. The molecule has 100 valence electrons. The lowest BCUT2D eigenvalue weighted by atomic mass is 9.84. The fourth-order valence-corrected chi connectivity index (χ4v) is 3.45. The second kappa shape index (κ2) is 6.34. The summed E-state index contributed by atoms with van der Waals surface area (Å²) in [7, 11) is 0. The molecule has 0 atom stereocenters. The van der Waals surface area contributed by atoms with E-state index in [0.717, 1.165) is 12.5 Å². The van der Waals surface area contributed by atoms with Crippen molar-refractivity contribution in [3.05, 3.63) is 21.9 Å². The van der Waals surface area contributed by atoms with Gasteiger partial charge < -0.3 is 11.1 Å². The number of primary amides is 1. The standard InChI is InChI=1S/C14H22N2OS/c1-2-10-3-5-12(6-4-10)16-8-13-7-11(9-18-13)14(15)17/h7,9-10,12,16H,2-6,8H2,1H3,(H2,15,17). The first-order valence-electron chi connectivity index (χ1n) is 6.79. The van der Waals surface area contributed by atoms with Gasteiger partial charge >= 0.3 is 0 Å². The van der Waals surface area contributed by atoms with Crippen molar-refractivity contribution in [1.82, 2.24) is 5.32 Å². The van der Waals surface area contributed by atoms with E-state index in [1.807, 2.05) is 11.4 Å². The van der Waals surface area contributed by atoms with E-state index in [-0.39, 0.29) is 5.91 Å². The Hall–Kier alpha value is -0.870. The van der Waals surface area contributed by atoms with E-state index in [0.29, 0.717) is 11.6 Å². The zero-order valence-electron chi connectivity index (χ0n) is 10.9. The van der Waals surface area contributed by atoms with Crippen molar-refractivity contribution >= 4 is 17.2 Å². The van der Waals surface area contributed by atoms with Crippen LogP contribution in [0.2, 0.25) is 0 Å².